The van der Waals surface area contributed by atoms with E-state index < -0.39 is 10.0 Å². The van der Waals surface area contributed by atoms with E-state index in [1.165, 1.54) is 10.6 Å². The minimum Gasteiger partial charge on any atom is -0.489 e. The maximum Gasteiger partial charge on any atom is 0.255 e. The molecule has 6 nitrogen and oxygen atoms in total. The van der Waals surface area contributed by atoms with Gasteiger partial charge in [0, 0.05) is 24.3 Å². The number of carbonyl (C=O) groups is 1. The van der Waals surface area contributed by atoms with Gasteiger partial charge in [0.05, 0.1) is 6.26 Å². The van der Waals surface area contributed by atoms with E-state index in [0.29, 0.717) is 31.7 Å². The number of hydrogen-bond donors (Lipinski definition) is 1. The second-order valence-corrected chi connectivity index (χ2v) is 9.53. The quantitative estimate of drug-likeness (QED) is 0.637. The fourth-order valence-corrected chi connectivity index (χ4v) is 4.41. The summed E-state index contributed by atoms with van der Waals surface area (Å²) in [5, 5.41) is 2.98. The summed E-state index contributed by atoms with van der Waals surface area (Å²) in [6, 6.07) is 22.5. The Hall–Kier alpha value is -3.16. The van der Waals surface area contributed by atoms with Crippen molar-refractivity contribution in [1.82, 2.24) is 4.31 Å². The maximum absolute atomic E-state index is 12.8. The van der Waals surface area contributed by atoms with Gasteiger partial charge in [-0.25, -0.2) is 8.42 Å². The van der Waals surface area contributed by atoms with E-state index in [2.05, 4.69) is 5.32 Å². The van der Waals surface area contributed by atoms with Crippen molar-refractivity contribution in [2.45, 2.75) is 19.6 Å². The highest BCUT2D eigenvalue weighted by Gasteiger charge is 2.25. The second kappa shape index (κ2) is 8.91. The number of nitrogens with zero attached hydrogens (tertiary/aromatic N) is 1. The molecule has 0 spiro atoms. The van der Waals surface area contributed by atoms with Gasteiger partial charge >= 0.3 is 0 Å². The Morgan fingerprint density at radius 3 is 2.45 bits per heavy atom. The van der Waals surface area contributed by atoms with Crippen molar-refractivity contribution in [1.29, 1.82) is 0 Å². The highest BCUT2D eigenvalue weighted by molar-refractivity contribution is 7.88. The molecule has 0 saturated heterocycles. The first-order valence-corrected chi connectivity index (χ1v) is 11.9. The molecular formula is C24H24N2O4S. The summed E-state index contributed by atoms with van der Waals surface area (Å²) in [5.41, 5.74) is 4.16. The van der Waals surface area contributed by atoms with Crippen LogP contribution in [0.5, 0.6) is 5.75 Å². The van der Waals surface area contributed by atoms with Gasteiger partial charge in [-0.05, 0) is 53.4 Å². The predicted molar refractivity (Wildman–Crippen MR) is 121 cm³/mol. The van der Waals surface area contributed by atoms with Gasteiger partial charge in [-0.3, -0.25) is 4.79 Å². The Kier molecular flexibility index (Phi) is 6.06. The highest BCUT2D eigenvalue weighted by Crippen LogP contribution is 2.27. The summed E-state index contributed by atoms with van der Waals surface area (Å²) < 4.78 is 30.9. The SMILES string of the molecule is CS(=O)(=O)N1CCc2c(cccc2NC(=O)c2ccc(COc3ccccc3)cc2)C1. The molecule has 0 aliphatic carbocycles. The van der Waals surface area contributed by atoms with Crippen molar-refractivity contribution in [3.8, 4) is 5.75 Å². The van der Waals surface area contributed by atoms with Gasteiger partial charge in [0.2, 0.25) is 10.0 Å². The smallest absolute Gasteiger partial charge is 0.255 e. The molecule has 0 bridgehead atoms. The van der Waals surface area contributed by atoms with Crippen LogP contribution < -0.4 is 10.1 Å². The minimum absolute atomic E-state index is 0.200. The lowest BCUT2D eigenvalue weighted by atomic mass is 9.99. The Balaban J connectivity index is 1.42. The fourth-order valence-electron chi connectivity index (χ4n) is 3.61. The van der Waals surface area contributed by atoms with Crippen molar-refractivity contribution in [2.24, 2.45) is 0 Å². The third-order valence-electron chi connectivity index (χ3n) is 5.31. The third kappa shape index (κ3) is 5.13. The summed E-state index contributed by atoms with van der Waals surface area (Å²) >= 11 is 0. The summed E-state index contributed by atoms with van der Waals surface area (Å²) in [6.45, 7) is 1.16. The molecule has 1 N–H and O–H groups in total. The lowest BCUT2D eigenvalue weighted by Crippen LogP contribution is -2.35. The topological polar surface area (TPSA) is 75.7 Å². The van der Waals surface area contributed by atoms with Crippen molar-refractivity contribution in [2.75, 3.05) is 18.1 Å². The number of para-hydroxylation sites is 1. The summed E-state index contributed by atoms with van der Waals surface area (Å²) in [4.78, 5) is 12.8. The van der Waals surface area contributed by atoms with Gasteiger partial charge in [-0.1, -0.05) is 42.5 Å². The van der Waals surface area contributed by atoms with E-state index in [1.54, 1.807) is 12.1 Å². The molecule has 3 aromatic carbocycles. The van der Waals surface area contributed by atoms with E-state index in [9.17, 15) is 13.2 Å². The molecular weight excluding hydrogens is 412 g/mol. The van der Waals surface area contributed by atoms with E-state index in [1.807, 2.05) is 60.7 Å². The summed E-state index contributed by atoms with van der Waals surface area (Å²) in [5.74, 6) is 0.599. The number of ether oxygens (including phenoxy) is 1. The number of benzene rings is 3. The number of rotatable bonds is 6. The standard InChI is InChI=1S/C24H24N2O4S/c1-31(28,29)26-15-14-22-20(16-26)6-5-9-23(22)25-24(27)19-12-10-18(11-13-19)17-30-21-7-3-2-4-8-21/h2-13H,14-17H2,1H3,(H,25,27). The Labute approximate surface area is 182 Å². The highest BCUT2D eigenvalue weighted by atomic mass is 32.2. The van der Waals surface area contributed by atoms with Crippen molar-refractivity contribution in [3.63, 3.8) is 0 Å². The molecule has 0 unspecified atom stereocenters. The normalized spacial score (nSPS) is 14.0. The van der Waals surface area contributed by atoms with Crippen LogP contribution in [0.2, 0.25) is 0 Å². The second-order valence-electron chi connectivity index (χ2n) is 7.54. The Morgan fingerprint density at radius 1 is 1.00 bits per heavy atom. The molecule has 0 saturated carbocycles. The van der Waals surface area contributed by atoms with E-state index in [0.717, 1.165) is 28.1 Å². The molecule has 1 aliphatic rings. The first kappa shape index (κ1) is 21.1. The molecule has 4 rings (SSSR count). The number of nitrogens with one attached hydrogen (secondary N) is 1. The minimum atomic E-state index is -3.24. The van der Waals surface area contributed by atoms with Crippen molar-refractivity contribution >= 4 is 21.6 Å². The van der Waals surface area contributed by atoms with Gasteiger partial charge in [0.25, 0.3) is 5.91 Å². The molecule has 1 amide bonds. The molecule has 0 fully saturated rings. The average Bonchev–Trinajstić information content (AvgIpc) is 2.78. The van der Waals surface area contributed by atoms with Crippen LogP contribution in [0.25, 0.3) is 0 Å². The van der Waals surface area contributed by atoms with Gasteiger partial charge in [-0.15, -0.1) is 0 Å². The van der Waals surface area contributed by atoms with Crippen molar-refractivity contribution < 1.29 is 17.9 Å². The lowest BCUT2D eigenvalue weighted by Gasteiger charge is -2.28. The van der Waals surface area contributed by atoms with E-state index in [4.69, 9.17) is 4.74 Å². The Morgan fingerprint density at radius 2 is 1.74 bits per heavy atom. The molecule has 1 heterocycles. The van der Waals surface area contributed by atoms with Crippen molar-refractivity contribution in [3.05, 3.63) is 95.1 Å². The fraction of sp³-hybridized carbons (Fsp3) is 0.208. The Bertz CT molecular complexity index is 1180. The lowest BCUT2D eigenvalue weighted by molar-refractivity contribution is 0.102. The van der Waals surface area contributed by atoms with Crippen LogP contribution in [0.15, 0.2) is 72.8 Å². The zero-order chi connectivity index (χ0) is 21.8. The van der Waals surface area contributed by atoms with Crippen LogP contribution in [0.1, 0.15) is 27.0 Å². The van der Waals surface area contributed by atoms with Gasteiger partial charge in [0.1, 0.15) is 12.4 Å². The molecule has 1 aliphatic heterocycles. The number of carbonyl (C=O) groups excluding carboxylic acids is 1. The zero-order valence-electron chi connectivity index (χ0n) is 17.2. The molecule has 0 aromatic heterocycles. The van der Waals surface area contributed by atoms with Gasteiger partial charge in [0.15, 0.2) is 0 Å². The molecule has 3 aromatic rings. The molecule has 31 heavy (non-hydrogen) atoms. The monoisotopic (exact) mass is 436 g/mol. The van der Waals surface area contributed by atoms with Crippen LogP contribution in [0, 0.1) is 0 Å². The summed E-state index contributed by atoms with van der Waals surface area (Å²) in [6.07, 6.45) is 1.78. The molecule has 0 radical (unpaired) electrons. The summed E-state index contributed by atoms with van der Waals surface area (Å²) in [7, 11) is -3.24. The van der Waals surface area contributed by atoms with E-state index in [-0.39, 0.29) is 5.91 Å². The number of anilines is 1. The number of hydrogen-bond acceptors (Lipinski definition) is 4. The van der Waals surface area contributed by atoms with Crippen LogP contribution in [0.4, 0.5) is 5.69 Å². The largest absolute Gasteiger partial charge is 0.489 e. The average molecular weight is 437 g/mol. The molecule has 7 heteroatoms. The van der Waals surface area contributed by atoms with Crippen LogP contribution in [-0.4, -0.2) is 31.4 Å². The van der Waals surface area contributed by atoms with Gasteiger partial charge in [-0.2, -0.15) is 4.31 Å². The van der Waals surface area contributed by atoms with Crippen LogP contribution in [0.3, 0.4) is 0 Å². The zero-order valence-corrected chi connectivity index (χ0v) is 18.1. The number of fused-ring (bicyclic) bond motifs is 1. The van der Waals surface area contributed by atoms with E-state index >= 15 is 0 Å². The van der Waals surface area contributed by atoms with Crippen LogP contribution in [-0.2, 0) is 29.6 Å². The maximum atomic E-state index is 12.8. The van der Waals surface area contributed by atoms with Gasteiger partial charge < -0.3 is 10.1 Å². The first-order valence-electron chi connectivity index (χ1n) is 10.0. The molecule has 0 atom stereocenters. The third-order valence-corrected chi connectivity index (χ3v) is 6.56. The first-order chi connectivity index (χ1) is 14.9. The molecule has 160 valence electrons. The predicted octanol–water partition coefficient (Wildman–Crippen LogP) is 3.84. The number of sulfonamides is 1. The van der Waals surface area contributed by atoms with Crippen LogP contribution >= 0.6 is 0 Å². The number of amides is 1.